The molecule has 3 aromatic rings. The molecule has 5 rings (SSSR count). The summed E-state index contributed by atoms with van der Waals surface area (Å²) in [5.41, 5.74) is 5.65. The molecule has 0 spiro atoms. The third-order valence-electron chi connectivity index (χ3n) is 7.49. The molecule has 0 unspecified atom stereocenters. The first-order valence-corrected chi connectivity index (χ1v) is 12.4. The normalized spacial score (nSPS) is 23.0. The van der Waals surface area contributed by atoms with E-state index in [0.717, 1.165) is 16.1 Å². The summed E-state index contributed by atoms with van der Waals surface area (Å²) >= 11 is 6.21. The van der Waals surface area contributed by atoms with Crippen molar-refractivity contribution in [1.29, 1.82) is 0 Å². The maximum Gasteiger partial charge on any atom is 0.260 e. The number of phenolic OH excluding ortho intramolecular Hbond substituents is 1. The Morgan fingerprint density at radius 3 is 2.30 bits per heavy atom. The molecule has 2 aliphatic rings. The summed E-state index contributed by atoms with van der Waals surface area (Å²) in [6, 6.07) is 16.2. The molecule has 0 saturated carbocycles. The molecular formula is C30H26ClFN2O3. The van der Waals surface area contributed by atoms with Crippen molar-refractivity contribution in [1.82, 2.24) is 5.01 Å². The number of hydrogen-bond acceptors (Lipinski definition) is 4. The monoisotopic (exact) mass is 516 g/mol. The zero-order valence-electron chi connectivity index (χ0n) is 20.5. The fourth-order valence-electron chi connectivity index (χ4n) is 5.82. The second kappa shape index (κ2) is 9.20. The molecule has 1 aliphatic carbocycles. The van der Waals surface area contributed by atoms with Crippen molar-refractivity contribution in [3.8, 4) is 5.75 Å². The third-order valence-corrected chi connectivity index (χ3v) is 7.74. The van der Waals surface area contributed by atoms with Gasteiger partial charge < -0.3 is 5.11 Å². The van der Waals surface area contributed by atoms with Crippen LogP contribution in [0.15, 0.2) is 85.0 Å². The van der Waals surface area contributed by atoms with E-state index in [1.165, 1.54) is 24.3 Å². The number of anilines is 1. The summed E-state index contributed by atoms with van der Waals surface area (Å²) in [5.74, 6) is -2.30. The van der Waals surface area contributed by atoms with Gasteiger partial charge in [-0.2, -0.15) is 5.01 Å². The summed E-state index contributed by atoms with van der Waals surface area (Å²) in [6.45, 7) is 7.63. The van der Waals surface area contributed by atoms with Gasteiger partial charge in [-0.25, -0.2) is 4.39 Å². The summed E-state index contributed by atoms with van der Waals surface area (Å²) in [6.07, 6.45) is 4.02. The predicted molar refractivity (Wildman–Crippen MR) is 142 cm³/mol. The number of carbonyl (C=O) groups is 2. The topological polar surface area (TPSA) is 69.6 Å². The summed E-state index contributed by atoms with van der Waals surface area (Å²) in [4.78, 5) is 28.4. The van der Waals surface area contributed by atoms with E-state index in [9.17, 15) is 19.1 Å². The van der Waals surface area contributed by atoms with Gasteiger partial charge in [-0.05, 0) is 84.5 Å². The summed E-state index contributed by atoms with van der Waals surface area (Å²) in [5, 5.41) is 12.0. The van der Waals surface area contributed by atoms with Gasteiger partial charge in [-0.15, -0.1) is 0 Å². The number of nitrogens with zero attached hydrogens (tertiary/aromatic N) is 1. The van der Waals surface area contributed by atoms with Crippen molar-refractivity contribution in [2.24, 2.45) is 5.92 Å². The number of benzene rings is 3. The van der Waals surface area contributed by atoms with E-state index in [4.69, 9.17) is 11.6 Å². The van der Waals surface area contributed by atoms with Gasteiger partial charge in [-0.1, -0.05) is 54.6 Å². The van der Waals surface area contributed by atoms with Crippen molar-refractivity contribution in [2.45, 2.75) is 31.6 Å². The number of hydrazine groups is 1. The van der Waals surface area contributed by atoms with Crippen molar-refractivity contribution in [2.75, 3.05) is 5.43 Å². The van der Waals surface area contributed by atoms with Crippen LogP contribution in [0, 0.1) is 25.6 Å². The number of halogens is 2. The average Bonchev–Trinajstić information content (AvgIpc) is 3.10. The number of imide groups is 1. The molecule has 7 heteroatoms. The molecule has 3 atom stereocenters. The lowest BCUT2D eigenvalue weighted by molar-refractivity contribution is -0.138. The van der Waals surface area contributed by atoms with E-state index in [1.54, 1.807) is 30.3 Å². The Morgan fingerprint density at radius 1 is 1.08 bits per heavy atom. The molecule has 2 amide bonds. The Bertz CT molecular complexity index is 1430. The fraction of sp³-hybridized carbons (Fsp3) is 0.200. The average molecular weight is 517 g/mol. The molecule has 5 nitrogen and oxygen atoms in total. The lowest BCUT2D eigenvalue weighted by Gasteiger charge is -2.43. The second-order valence-corrected chi connectivity index (χ2v) is 10.0. The van der Waals surface area contributed by atoms with Gasteiger partial charge in [0.15, 0.2) is 0 Å². The zero-order valence-corrected chi connectivity index (χ0v) is 21.2. The SMILES string of the molecule is C=CC1=CC[C@H]2C(=O)N(Nc3ccc(F)cc3)C(=O)[C@@]2(c2ccc(Cl)cc2)[C@H]1c1cc(C)c(O)c(C)c1. The molecule has 0 bridgehead atoms. The molecule has 37 heavy (non-hydrogen) atoms. The van der Waals surface area contributed by atoms with E-state index in [-0.39, 0.29) is 11.7 Å². The first kappa shape index (κ1) is 24.8. The van der Waals surface area contributed by atoms with Gasteiger partial charge in [0, 0.05) is 10.9 Å². The Balaban J connectivity index is 1.75. The maximum absolute atomic E-state index is 14.5. The Kier molecular flexibility index (Phi) is 6.16. The van der Waals surface area contributed by atoms with Gasteiger partial charge in [0.25, 0.3) is 11.8 Å². The van der Waals surface area contributed by atoms with Crippen LogP contribution in [0.2, 0.25) is 5.02 Å². The van der Waals surface area contributed by atoms with E-state index in [0.29, 0.717) is 33.8 Å². The molecule has 0 radical (unpaired) electrons. The van der Waals surface area contributed by atoms with Crippen molar-refractivity contribution in [3.05, 3.63) is 118 Å². The molecule has 1 aliphatic heterocycles. The first-order valence-electron chi connectivity index (χ1n) is 12.0. The number of rotatable bonds is 5. The van der Waals surface area contributed by atoms with Crippen LogP contribution in [0.1, 0.15) is 34.6 Å². The van der Waals surface area contributed by atoms with Gasteiger partial charge in [0.1, 0.15) is 11.6 Å². The number of fused-ring (bicyclic) bond motifs is 1. The van der Waals surface area contributed by atoms with Crippen molar-refractivity contribution >= 4 is 29.1 Å². The van der Waals surface area contributed by atoms with Gasteiger partial charge in [0.05, 0.1) is 17.0 Å². The number of allylic oxidation sites excluding steroid dienone is 3. The van der Waals surface area contributed by atoms with E-state index in [1.807, 2.05) is 32.1 Å². The standard InChI is InChI=1S/C30H26ClFN2O3/c1-4-19-5-14-25-28(36)34(33-24-12-10-23(32)11-13-24)29(37)30(25,21-6-8-22(31)9-7-21)26(19)20-15-17(2)27(35)18(3)16-20/h4-13,15-16,25-26,33,35H,1,14H2,2-3H3/t25-,26+,30+/m0/s1. The Hall–Kier alpha value is -3.90. The minimum atomic E-state index is -1.30. The molecule has 2 N–H and O–H groups in total. The summed E-state index contributed by atoms with van der Waals surface area (Å²) in [7, 11) is 0. The molecule has 188 valence electrons. The van der Waals surface area contributed by atoms with Crippen LogP contribution >= 0.6 is 11.6 Å². The second-order valence-electron chi connectivity index (χ2n) is 9.61. The number of carbonyl (C=O) groups excluding carboxylic acids is 2. The quantitative estimate of drug-likeness (QED) is 0.388. The number of hydrogen-bond donors (Lipinski definition) is 2. The van der Waals surface area contributed by atoms with Crippen LogP contribution in [0.3, 0.4) is 0 Å². The number of aromatic hydroxyl groups is 1. The van der Waals surface area contributed by atoms with Gasteiger partial charge in [0.2, 0.25) is 0 Å². The predicted octanol–water partition coefficient (Wildman–Crippen LogP) is 6.35. The molecule has 1 heterocycles. The molecular weight excluding hydrogens is 491 g/mol. The Morgan fingerprint density at radius 2 is 1.70 bits per heavy atom. The number of amides is 2. The van der Waals surface area contributed by atoms with Crippen molar-refractivity contribution < 1.29 is 19.1 Å². The lowest BCUT2D eigenvalue weighted by atomic mass is 9.56. The minimum Gasteiger partial charge on any atom is -0.507 e. The third kappa shape index (κ3) is 3.83. The highest BCUT2D eigenvalue weighted by Crippen LogP contribution is 2.58. The Labute approximate surface area is 219 Å². The molecule has 0 aromatic heterocycles. The van der Waals surface area contributed by atoms with Crippen LogP contribution in [-0.2, 0) is 15.0 Å². The highest BCUT2D eigenvalue weighted by Gasteiger charge is 2.65. The number of aryl methyl sites for hydroxylation is 2. The number of phenols is 1. The van der Waals surface area contributed by atoms with Crippen molar-refractivity contribution in [3.63, 3.8) is 0 Å². The van der Waals surface area contributed by atoms with Crippen LogP contribution in [0.5, 0.6) is 5.75 Å². The van der Waals surface area contributed by atoms with Crippen LogP contribution < -0.4 is 5.43 Å². The first-order chi connectivity index (χ1) is 17.7. The highest BCUT2D eigenvalue weighted by molar-refractivity contribution is 6.30. The zero-order chi connectivity index (χ0) is 26.5. The maximum atomic E-state index is 14.5. The van der Waals surface area contributed by atoms with E-state index < -0.39 is 29.0 Å². The van der Waals surface area contributed by atoms with E-state index in [2.05, 4.69) is 12.0 Å². The van der Waals surface area contributed by atoms with E-state index >= 15 is 0 Å². The molecule has 3 aromatic carbocycles. The summed E-state index contributed by atoms with van der Waals surface area (Å²) < 4.78 is 13.5. The molecule has 1 fully saturated rings. The van der Waals surface area contributed by atoms with Crippen LogP contribution in [-0.4, -0.2) is 21.9 Å². The van der Waals surface area contributed by atoms with Gasteiger partial charge >= 0.3 is 0 Å². The largest absolute Gasteiger partial charge is 0.507 e. The van der Waals surface area contributed by atoms with Crippen LogP contribution in [0.25, 0.3) is 0 Å². The van der Waals surface area contributed by atoms with Gasteiger partial charge in [-0.3, -0.25) is 15.0 Å². The highest BCUT2D eigenvalue weighted by atomic mass is 35.5. The number of nitrogens with one attached hydrogen (secondary N) is 1. The molecule has 1 saturated heterocycles. The lowest BCUT2D eigenvalue weighted by Crippen LogP contribution is -2.48. The van der Waals surface area contributed by atoms with Crippen LogP contribution in [0.4, 0.5) is 10.1 Å². The minimum absolute atomic E-state index is 0.189. The smallest absolute Gasteiger partial charge is 0.260 e. The fourth-order valence-corrected chi connectivity index (χ4v) is 5.95.